The van der Waals surface area contributed by atoms with Crippen LogP contribution in [0.25, 0.3) is 11.1 Å². The van der Waals surface area contributed by atoms with Gasteiger partial charge >= 0.3 is 0 Å². The lowest BCUT2D eigenvalue weighted by Crippen LogP contribution is -2.14. The number of rotatable bonds is 2. The number of pyridine rings is 1. The topological polar surface area (TPSA) is 53.6 Å². The van der Waals surface area contributed by atoms with E-state index in [1.807, 2.05) is 18.5 Å². The van der Waals surface area contributed by atoms with Crippen LogP contribution in [-0.4, -0.2) is 21.7 Å². The van der Waals surface area contributed by atoms with Crippen LogP contribution >= 0.6 is 0 Å². The maximum Gasteiger partial charge on any atom is 0.0600 e. The van der Waals surface area contributed by atoms with Crippen molar-refractivity contribution in [1.29, 1.82) is 0 Å². The van der Waals surface area contributed by atoms with Crippen LogP contribution < -0.4 is 5.32 Å². The van der Waals surface area contributed by atoms with E-state index in [1.165, 1.54) is 18.5 Å². The molecule has 0 amide bonds. The van der Waals surface area contributed by atoms with E-state index in [0.29, 0.717) is 6.04 Å². The first-order chi connectivity index (χ1) is 7.95. The first-order valence-corrected chi connectivity index (χ1v) is 5.62. The number of H-pyrrole nitrogens is 1. The molecule has 0 bridgehead atoms. The Bertz CT molecular complexity index is 457. The molecule has 0 radical (unpaired) electrons. The predicted molar refractivity (Wildman–Crippen MR) is 61.8 cm³/mol. The lowest BCUT2D eigenvalue weighted by Gasteiger charge is -2.10. The quantitative estimate of drug-likeness (QED) is 0.802. The van der Waals surface area contributed by atoms with Gasteiger partial charge in [0.25, 0.3) is 0 Å². The normalized spacial score (nSPS) is 20.1. The second kappa shape index (κ2) is 4.06. The number of aromatic amines is 1. The van der Waals surface area contributed by atoms with Gasteiger partial charge in [0, 0.05) is 29.6 Å². The van der Waals surface area contributed by atoms with E-state index in [-0.39, 0.29) is 0 Å². The molecule has 82 valence electrons. The minimum absolute atomic E-state index is 0.415. The molecule has 2 aromatic rings. The summed E-state index contributed by atoms with van der Waals surface area (Å²) < 4.78 is 0. The van der Waals surface area contributed by atoms with Gasteiger partial charge in [-0.15, -0.1) is 0 Å². The van der Waals surface area contributed by atoms with Crippen LogP contribution in [0.3, 0.4) is 0 Å². The first kappa shape index (κ1) is 9.54. The fraction of sp³-hybridized carbons (Fsp3) is 0.333. The zero-order chi connectivity index (χ0) is 10.8. The summed E-state index contributed by atoms with van der Waals surface area (Å²) in [5.74, 6) is 0. The fourth-order valence-electron chi connectivity index (χ4n) is 2.24. The van der Waals surface area contributed by atoms with Crippen molar-refractivity contribution in [1.82, 2.24) is 20.5 Å². The molecule has 1 saturated heterocycles. The number of aromatic nitrogens is 3. The maximum absolute atomic E-state index is 4.15. The largest absolute Gasteiger partial charge is 0.309 e. The molecular formula is C12H14N4. The SMILES string of the molecule is c1cncc(-c2cn[nH]c2C2CCCN2)c1. The third-order valence-corrected chi connectivity index (χ3v) is 3.05. The highest BCUT2D eigenvalue weighted by Gasteiger charge is 2.21. The Hall–Kier alpha value is -1.68. The summed E-state index contributed by atoms with van der Waals surface area (Å²) in [4.78, 5) is 4.15. The van der Waals surface area contributed by atoms with E-state index < -0.39 is 0 Å². The molecule has 0 aliphatic carbocycles. The minimum Gasteiger partial charge on any atom is -0.309 e. The van der Waals surface area contributed by atoms with Crippen molar-refractivity contribution in [3.05, 3.63) is 36.4 Å². The van der Waals surface area contributed by atoms with Crippen molar-refractivity contribution >= 4 is 0 Å². The molecule has 2 aromatic heterocycles. The summed E-state index contributed by atoms with van der Waals surface area (Å²) in [5, 5.41) is 10.7. The second-order valence-corrected chi connectivity index (χ2v) is 4.09. The molecule has 0 aromatic carbocycles. The molecule has 4 nitrogen and oxygen atoms in total. The molecular weight excluding hydrogens is 200 g/mol. The maximum atomic E-state index is 4.15. The smallest absolute Gasteiger partial charge is 0.0600 e. The summed E-state index contributed by atoms with van der Waals surface area (Å²) in [6, 6.07) is 4.43. The average molecular weight is 214 g/mol. The van der Waals surface area contributed by atoms with Crippen LogP contribution in [0.1, 0.15) is 24.6 Å². The van der Waals surface area contributed by atoms with Crippen molar-refractivity contribution in [2.75, 3.05) is 6.54 Å². The Kier molecular flexibility index (Phi) is 2.42. The summed E-state index contributed by atoms with van der Waals surface area (Å²) in [7, 11) is 0. The van der Waals surface area contributed by atoms with Crippen LogP contribution in [0.2, 0.25) is 0 Å². The average Bonchev–Trinajstić information content (AvgIpc) is 3.01. The Morgan fingerprint density at radius 1 is 1.31 bits per heavy atom. The molecule has 1 aliphatic heterocycles. The van der Waals surface area contributed by atoms with Crippen molar-refractivity contribution in [2.45, 2.75) is 18.9 Å². The van der Waals surface area contributed by atoms with Gasteiger partial charge in [0.1, 0.15) is 0 Å². The number of hydrogen-bond donors (Lipinski definition) is 2. The Morgan fingerprint density at radius 3 is 3.06 bits per heavy atom. The summed E-state index contributed by atoms with van der Waals surface area (Å²) in [6.07, 6.45) is 7.96. The van der Waals surface area contributed by atoms with E-state index in [2.05, 4.69) is 26.6 Å². The van der Waals surface area contributed by atoms with Gasteiger partial charge in [-0.25, -0.2) is 0 Å². The zero-order valence-corrected chi connectivity index (χ0v) is 8.98. The molecule has 2 N–H and O–H groups in total. The minimum atomic E-state index is 0.415. The molecule has 0 spiro atoms. The highest BCUT2D eigenvalue weighted by Crippen LogP contribution is 2.30. The third-order valence-electron chi connectivity index (χ3n) is 3.05. The first-order valence-electron chi connectivity index (χ1n) is 5.62. The van der Waals surface area contributed by atoms with E-state index in [0.717, 1.165) is 17.7 Å². The van der Waals surface area contributed by atoms with Crippen LogP contribution in [0, 0.1) is 0 Å². The number of nitrogens with zero attached hydrogens (tertiary/aromatic N) is 2. The molecule has 3 rings (SSSR count). The molecule has 1 aliphatic rings. The summed E-state index contributed by atoms with van der Waals surface area (Å²) in [5.41, 5.74) is 3.47. The Labute approximate surface area is 94.1 Å². The van der Waals surface area contributed by atoms with Crippen molar-refractivity contribution in [3.63, 3.8) is 0 Å². The molecule has 1 atom stereocenters. The van der Waals surface area contributed by atoms with E-state index in [9.17, 15) is 0 Å². The number of nitrogens with one attached hydrogen (secondary N) is 2. The van der Waals surface area contributed by atoms with Crippen LogP contribution in [0.4, 0.5) is 0 Å². The van der Waals surface area contributed by atoms with Crippen molar-refractivity contribution in [2.24, 2.45) is 0 Å². The van der Waals surface area contributed by atoms with Gasteiger partial charge in [-0.05, 0) is 25.5 Å². The molecule has 1 unspecified atom stereocenters. The fourth-order valence-corrected chi connectivity index (χ4v) is 2.24. The number of hydrogen-bond acceptors (Lipinski definition) is 3. The second-order valence-electron chi connectivity index (χ2n) is 4.09. The highest BCUT2D eigenvalue weighted by atomic mass is 15.1. The van der Waals surface area contributed by atoms with Crippen molar-refractivity contribution in [3.8, 4) is 11.1 Å². The lowest BCUT2D eigenvalue weighted by molar-refractivity contribution is 0.626. The van der Waals surface area contributed by atoms with Gasteiger partial charge in [0.15, 0.2) is 0 Å². The lowest BCUT2D eigenvalue weighted by atomic mass is 10.0. The third kappa shape index (κ3) is 1.61. The Morgan fingerprint density at radius 2 is 2.31 bits per heavy atom. The van der Waals surface area contributed by atoms with Gasteiger partial charge < -0.3 is 5.32 Å². The monoisotopic (exact) mass is 214 g/mol. The molecule has 3 heterocycles. The van der Waals surface area contributed by atoms with Gasteiger partial charge in [0.2, 0.25) is 0 Å². The van der Waals surface area contributed by atoms with E-state index in [4.69, 9.17) is 0 Å². The predicted octanol–water partition coefficient (Wildman–Crippen LogP) is 1.90. The highest BCUT2D eigenvalue weighted by molar-refractivity contribution is 5.64. The van der Waals surface area contributed by atoms with E-state index in [1.54, 1.807) is 6.20 Å². The molecule has 4 heteroatoms. The summed E-state index contributed by atoms with van der Waals surface area (Å²) >= 11 is 0. The van der Waals surface area contributed by atoms with Gasteiger partial charge in [0.05, 0.1) is 11.9 Å². The van der Waals surface area contributed by atoms with Crippen LogP contribution in [-0.2, 0) is 0 Å². The molecule has 16 heavy (non-hydrogen) atoms. The van der Waals surface area contributed by atoms with Gasteiger partial charge in [-0.3, -0.25) is 10.1 Å². The van der Waals surface area contributed by atoms with Crippen molar-refractivity contribution < 1.29 is 0 Å². The summed E-state index contributed by atoms with van der Waals surface area (Å²) in [6.45, 7) is 1.09. The van der Waals surface area contributed by atoms with Gasteiger partial charge in [-0.2, -0.15) is 5.10 Å². The van der Waals surface area contributed by atoms with E-state index >= 15 is 0 Å². The van der Waals surface area contributed by atoms with Gasteiger partial charge in [-0.1, -0.05) is 6.07 Å². The molecule has 1 fully saturated rings. The zero-order valence-electron chi connectivity index (χ0n) is 8.98. The van der Waals surface area contributed by atoms with Crippen LogP contribution in [0.5, 0.6) is 0 Å². The Balaban J connectivity index is 1.99. The van der Waals surface area contributed by atoms with Crippen LogP contribution in [0.15, 0.2) is 30.7 Å². The standard InChI is InChI=1S/C12H14N4/c1-3-9(7-13-5-1)10-8-15-16-12(10)11-4-2-6-14-11/h1,3,5,7-8,11,14H,2,4,6H2,(H,15,16). The molecule has 0 saturated carbocycles.